The van der Waals surface area contributed by atoms with Gasteiger partial charge in [-0.3, -0.25) is 4.98 Å². The minimum absolute atomic E-state index is 0.137. The van der Waals surface area contributed by atoms with Crippen molar-refractivity contribution in [2.24, 2.45) is 4.99 Å². The molecular formula is C18H22F2N4O. The number of guanidine groups is 1. The molecule has 0 atom stereocenters. The highest BCUT2D eigenvalue weighted by Crippen LogP contribution is 2.20. The zero-order valence-electron chi connectivity index (χ0n) is 14.3. The molecular weight excluding hydrogens is 326 g/mol. The Labute approximate surface area is 146 Å². The molecule has 0 aliphatic carbocycles. The third kappa shape index (κ3) is 6.37. The lowest BCUT2D eigenvalue weighted by Gasteiger charge is -2.12. The Morgan fingerprint density at radius 3 is 2.68 bits per heavy atom. The number of aromatic nitrogens is 1. The Balaban J connectivity index is 2.04. The predicted octanol–water partition coefficient (Wildman–Crippen LogP) is 3.25. The smallest absolute Gasteiger partial charge is 0.387 e. The van der Waals surface area contributed by atoms with Crippen LogP contribution in [-0.2, 0) is 13.1 Å². The van der Waals surface area contributed by atoms with Crippen molar-refractivity contribution in [1.29, 1.82) is 0 Å². The molecule has 0 aliphatic heterocycles. The highest BCUT2D eigenvalue weighted by molar-refractivity contribution is 5.79. The number of aliphatic imine (C=N–C) groups is 1. The second-order valence-corrected chi connectivity index (χ2v) is 5.31. The van der Waals surface area contributed by atoms with Crippen LogP contribution in [0.4, 0.5) is 8.78 Å². The molecule has 2 rings (SSSR count). The Morgan fingerprint density at radius 2 is 1.96 bits per heavy atom. The highest BCUT2D eigenvalue weighted by Gasteiger charge is 2.09. The molecule has 134 valence electrons. The molecule has 0 aliphatic rings. The molecule has 1 aromatic carbocycles. The quantitative estimate of drug-likeness (QED) is 0.596. The summed E-state index contributed by atoms with van der Waals surface area (Å²) in [6.45, 7) is 2.45. The predicted molar refractivity (Wildman–Crippen MR) is 93.7 cm³/mol. The van der Waals surface area contributed by atoms with Crippen LogP contribution in [0.15, 0.2) is 47.5 Å². The van der Waals surface area contributed by atoms with Crippen molar-refractivity contribution in [3.05, 3.63) is 59.4 Å². The number of nitrogens with one attached hydrogen (secondary N) is 2. The first-order chi connectivity index (χ1) is 12.1. The van der Waals surface area contributed by atoms with E-state index >= 15 is 0 Å². The molecule has 5 nitrogen and oxygen atoms in total. The van der Waals surface area contributed by atoms with Gasteiger partial charge in [0.15, 0.2) is 5.96 Å². The number of pyridine rings is 1. The minimum atomic E-state index is -2.86. The summed E-state index contributed by atoms with van der Waals surface area (Å²) in [6.07, 6.45) is 0. The molecule has 0 unspecified atom stereocenters. The lowest BCUT2D eigenvalue weighted by atomic mass is 10.2. The summed E-state index contributed by atoms with van der Waals surface area (Å²) >= 11 is 0. The fourth-order valence-corrected chi connectivity index (χ4v) is 2.22. The topological polar surface area (TPSA) is 58.5 Å². The first-order valence-electron chi connectivity index (χ1n) is 8.06. The number of ether oxygens (including phenoxy) is 1. The Hall–Kier alpha value is -2.70. The Bertz CT molecular complexity index is 707. The summed E-state index contributed by atoms with van der Waals surface area (Å²) in [7, 11) is 0. The summed E-state index contributed by atoms with van der Waals surface area (Å²) in [5.41, 5.74) is 2.43. The highest BCUT2D eigenvalue weighted by atomic mass is 19.3. The number of hydrogen-bond acceptors (Lipinski definition) is 3. The van der Waals surface area contributed by atoms with E-state index in [9.17, 15) is 8.78 Å². The van der Waals surface area contributed by atoms with Crippen LogP contribution in [0.2, 0.25) is 0 Å². The SMILES string of the molecule is CCNC(=NCc1ccccc1OC(F)F)NCc1cccc(C)n1. The molecule has 1 aromatic heterocycles. The largest absolute Gasteiger partial charge is 0.434 e. The van der Waals surface area contributed by atoms with Gasteiger partial charge in [0.1, 0.15) is 5.75 Å². The molecule has 0 spiro atoms. The van der Waals surface area contributed by atoms with Gasteiger partial charge in [0.2, 0.25) is 0 Å². The number of halogens is 2. The molecule has 1 heterocycles. The van der Waals surface area contributed by atoms with Crippen LogP contribution in [0, 0.1) is 6.92 Å². The molecule has 25 heavy (non-hydrogen) atoms. The van der Waals surface area contributed by atoms with Gasteiger partial charge in [-0.25, -0.2) is 4.99 Å². The van der Waals surface area contributed by atoms with Crippen molar-refractivity contribution in [2.75, 3.05) is 6.54 Å². The van der Waals surface area contributed by atoms with Crippen LogP contribution >= 0.6 is 0 Å². The summed E-state index contributed by atoms with van der Waals surface area (Å²) in [5.74, 6) is 0.718. The fraction of sp³-hybridized carbons (Fsp3) is 0.333. The lowest BCUT2D eigenvalue weighted by Crippen LogP contribution is -2.37. The van der Waals surface area contributed by atoms with E-state index in [4.69, 9.17) is 0 Å². The van der Waals surface area contributed by atoms with Crippen molar-refractivity contribution in [3.63, 3.8) is 0 Å². The second-order valence-electron chi connectivity index (χ2n) is 5.31. The van der Waals surface area contributed by atoms with Gasteiger partial charge in [-0.15, -0.1) is 0 Å². The van der Waals surface area contributed by atoms with Crippen molar-refractivity contribution in [3.8, 4) is 5.75 Å². The first kappa shape index (κ1) is 18.6. The van der Waals surface area contributed by atoms with Gasteiger partial charge in [0.05, 0.1) is 18.8 Å². The maximum Gasteiger partial charge on any atom is 0.387 e. The van der Waals surface area contributed by atoms with Gasteiger partial charge in [-0.05, 0) is 32.0 Å². The number of benzene rings is 1. The van der Waals surface area contributed by atoms with E-state index in [2.05, 4.69) is 25.3 Å². The van der Waals surface area contributed by atoms with E-state index < -0.39 is 6.61 Å². The van der Waals surface area contributed by atoms with E-state index in [-0.39, 0.29) is 12.3 Å². The number of para-hydroxylation sites is 1. The van der Waals surface area contributed by atoms with Gasteiger partial charge in [0.25, 0.3) is 0 Å². The van der Waals surface area contributed by atoms with Crippen LogP contribution < -0.4 is 15.4 Å². The summed E-state index contributed by atoms with van der Waals surface area (Å²) in [4.78, 5) is 8.85. The molecule has 2 aromatic rings. The fourth-order valence-electron chi connectivity index (χ4n) is 2.22. The molecule has 0 amide bonds. The normalized spacial score (nSPS) is 11.5. The molecule has 0 radical (unpaired) electrons. The van der Waals surface area contributed by atoms with Crippen LogP contribution in [-0.4, -0.2) is 24.1 Å². The third-order valence-electron chi connectivity index (χ3n) is 3.32. The van der Waals surface area contributed by atoms with Crippen molar-refractivity contribution >= 4 is 5.96 Å². The molecule has 0 fully saturated rings. The monoisotopic (exact) mass is 348 g/mol. The number of rotatable bonds is 7. The maximum atomic E-state index is 12.5. The van der Waals surface area contributed by atoms with Crippen LogP contribution in [0.3, 0.4) is 0 Å². The zero-order valence-corrected chi connectivity index (χ0v) is 14.3. The van der Waals surface area contributed by atoms with Gasteiger partial charge in [-0.2, -0.15) is 8.78 Å². The molecule has 0 saturated heterocycles. The van der Waals surface area contributed by atoms with E-state index in [0.717, 1.165) is 11.4 Å². The van der Waals surface area contributed by atoms with Crippen LogP contribution in [0.1, 0.15) is 23.9 Å². The summed E-state index contributed by atoms with van der Waals surface area (Å²) in [6, 6.07) is 12.4. The van der Waals surface area contributed by atoms with Gasteiger partial charge < -0.3 is 15.4 Å². The van der Waals surface area contributed by atoms with Crippen LogP contribution in [0.25, 0.3) is 0 Å². The van der Waals surface area contributed by atoms with Gasteiger partial charge in [0, 0.05) is 17.8 Å². The Kier molecular flexibility index (Phi) is 7.13. The average Bonchev–Trinajstić information content (AvgIpc) is 2.58. The number of alkyl halides is 2. The van der Waals surface area contributed by atoms with Crippen molar-refractivity contribution < 1.29 is 13.5 Å². The average molecular weight is 348 g/mol. The van der Waals surface area contributed by atoms with Crippen LogP contribution in [0.5, 0.6) is 5.75 Å². The van der Waals surface area contributed by atoms with E-state index in [1.807, 2.05) is 32.0 Å². The van der Waals surface area contributed by atoms with E-state index in [0.29, 0.717) is 24.6 Å². The second kappa shape index (κ2) is 9.56. The number of aryl methyl sites for hydroxylation is 1. The molecule has 2 N–H and O–H groups in total. The molecule has 0 bridgehead atoms. The van der Waals surface area contributed by atoms with Gasteiger partial charge in [-0.1, -0.05) is 24.3 Å². The zero-order chi connectivity index (χ0) is 18.1. The van der Waals surface area contributed by atoms with Crippen molar-refractivity contribution in [2.45, 2.75) is 33.5 Å². The standard InChI is InChI=1S/C18H22F2N4O/c1-3-21-18(23-12-15-9-6-7-13(2)24-15)22-11-14-8-4-5-10-16(14)25-17(19)20/h4-10,17H,3,11-12H2,1-2H3,(H2,21,22,23). The van der Waals surface area contributed by atoms with Crippen molar-refractivity contribution in [1.82, 2.24) is 15.6 Å². The van der Waals surface area contributed by atoms with E-state index in [1.54, 1.807) is 18.2 Å². The number of nitrogens with zero attached hydrogens (tertiary/aromatic N) is 2. The summed E-state index contributed by atoms with van der Waals surface area (Å²) < 4.78 is 29.5. The Morgan fingerprint density at radius 1 is 1.16 bits per heavy atom. The molecule has 0 saturated carbocycles. The lowest BCUT2D eigenvalue weighted by molar-refractivity contribution is -0.0504. The van der Waals surface area contributed by atoms with E-state index in [1.165, 1.54) is 6.07 Å². The summed E-state index contributed by atoms with van der Waals surface area (Å²) in [5, 5.41) is 6.30. The molecule has 7 heteroatoms. The van der Waals surface area contributed by atoms with Gasteiger partial charge >= 0.3 is 6.61 Å². The third-order valence-corrected chi connectivity index (χ3v) is 3.32. The maximum absolute atomic E-state index is 12.5. The first-order valence-corrected chi connectivity index (χ1v) is 8.06. The minimum Gasteiger partial charge on any atom is -0.434 e. The number of hydrogen-bond donors (Lipinski definition) is 2.